The lowest BCUT2D eigenvalue weighted by atomic mass is 9.96. The fourth-order valence-electron chi connectivity index (χ4n) is 3.70. The molecule has 9 heteroatoms. The molecule has 0 bridgehead atoms. The van der Waals surface area contributed by atoms with E-state index in [4.69, 9.17) is 0 Å². The predicted octanol–water partition coefficient (Wildman–Crippen LogP) is 0.657. The molecule has 1 aromatic carbocycles. The topological polar surface area (TPSA) is 101 Å². The monoisotopic (exact) mass is 384 g/mol. The molecule has 7 nitrogen and oxygen atoms in total. The van der Waals surface area contributed by atoms with Gasteiger partial charge in [-0.05, 0) is 24.6 Å². The van der Waals surface area contributed by atoms with E-state index >= 15 is 0 Å². The normalized spacial score (nSPS) is 26.6. The molecule has 2 aliphatic rings. The Labute approximate surface area is 147 Å². The summed E-state index contributed by atoms with van der Waals surface area (Å²) in [6, 6.07) is 6.84. The van der Waals surface area contributed by atoms with Crippen LogP contribution in [0.4, 0.5) is 0 Å². The minimum Gasteiger partial charge on any atom is -0.303 e. The number of carbonyl (C=O) groups is 1. The lowest BCUT2D eigenvalue weighted by molar-refractivity contribution is -0.125. The van der Waals surface area contributed by atoms with Crippen molar-refractivity contribution in [2.45, 2.75) is 35.4 Å². The van der Waals surface area contributed by atoms with Crippen molar-refractivity contribution < 1.29 is 21.6 Å². The number of carbonyl (C=O) groups excluding carboxylic acids is 1. The molecule has 25 heavy (non-hydrogen) atoms. The fraction of sp³-hybridized carbons (Fsp3) is 0.438. The van der Waals surface area contributed by atoms with Crippen LogP contribution in [0.2, 0.25) is 0 Å². The smallest absolute Gasteiger partial charge is 0.264 e. The van der Waals surface area contributed by atoms with Crippen LogP contribution < -0.4 is 5.32 Å². The minimum absolute atomic E-state index is 0.0141. The Bertz CT molecular complexity index is 938. The second-order valence-corrected chi connectivity index (χ2v) is 10.3. The first-order valence-corrected chi connectivity index (χ1v) is 11.3. The number of sulfonamides is 1. The van der Waals surface area contributed by atoms with Gasteiger partial charge >= 0.3 is 0 Å². The zero-order chi connectivity index (χ0) is 18.5. The van der Waals surface area contributed by atoms with Crippen molar-refractivity contribution in [3.8, 4) is 0 Å². The molecule has 0 radical (unpaired) electrons. The van der Waals surface area contributed by atoms with E-state index in [2.05, 4.69) is 5.32 Å². The van der Waals surface area contributed by atoms with Gasteiger partial charge in [0.15, 0.2) is 14.6 Å². The van der Waals surface area contributed by atoms with Crippen LogP contribution in [0.3, 0.4) is 0 Å². The Balaban J connectivity index is 2.29. The van der Waals surface area contributed by atoms with Crippen molar-refractivity contribution in [2.75, 3.05) is 12.8 Å². The number of sulfone groups is 1. The third-order valence-electron chi connectivity index (χ3n) is 4.66. The van der Waals surface area contributed by atoms with Gasteiger partial charge in [-0.1, -0.05) is 31.5 Å². The number of nitrogens with one attached hydrogen (secondary N) is 1. The van der Waals surface area contributed by atoms with E-state index in [1.54, 1.807) is 31.2 Å². The molecule has 1 aromatic rings. The first kappa shape index (κ1) is 18.1. The maximum absolute atomic E-state index is 13.5. The molecule has 3 rings (SSSR count). The van der Waals surface area contributed by atoms with Crippen LogP contribution in [0.1, 0.15) is 19.8 Å². The molecule has 0 unspecified atom stereocenters. The molecule has 1 N–H and O–H groups in total. The molecule has 1 fully saturated rings. The number of fused-ring (bicyclic) bond motifs is 1. The van der Waals surface area contributed by atoms with E-state index in [1.807, 2.05) is 0 Å². The number of nitrogens with zero attached hydrogens (tertiary/aromatic N) is 1. The third-order valence-corrected chi connectivity index (χ3v) is 8.17. The summed E-state index contributed by atoms with van der Waals surface area (Å²) in [5, 5.41) is 3.00. The first-order valence-electron chi connectivity index (χ1n) is 7.95. The summed E-state index contributed by atoms with van der Waals surface area (Å²) in [7, 11) is -8.04. The number of amides is 1. The largest absolute Gasteiger partial charge is 0.303 e. The quantitative estimate of drug-likeness (QED) is 0.800. The van der Waals surface area contributed by atoms with Gasteiger partial charge in [-0.15, -0.1) is 0 Å². The van der Waals surface area contributed by atoms with Crippen molar-refractivity contribution in [2.24, 2.45) is 0 Å². The summed E-state index contributed by atoms with van der Waals surface area (Å²) in [5.74, 6) is -0.899. The second-order valence-electron chi connectivity index (χ2n) is 6.26. The van der Waals surface area contributed by atoms with Crippen LogP contribution in [-0.2, 0) is 24.7 Å². The third kappa shape index (κ3) is 2.44. The maximum Gasteiger partial charge on any atom is 0.264 e. The van der Waals surface area contributed by atoms with E-state index in [-0.39, 0.29) is 17.0 Å². The average molecular weight is 384 g/mol. The van der Waals surface area contributed by atoms with E-state index in [1.165, 1.54) is 12.1 Å². The second kappa shape index (κ2) is 5.93. The van der Waals surface area contributed by atoms with Crippen LogP contribution >= 0.6 is 0 Å². The van der Waals surface area contributed by atoms with Gasteiger partial charge < -0.3 is 5.32 Å². The van der Waals surface area contributed by atoms with Gasteiger partial charge in [0.2, 0.25) is 10.0 Å². The molecule has 0 spiro atoms. The fourth-order valence-corrected chi connectivity index (χ4v) is 7.03. The standard InChI is InChI=1S/C16H20N2O5S2/c1-3-10-16(25(22,23)12-7-5-4-6-8-12)14-13(9-11-17-14)18(15(16)19)24(2,20)21/h4-9,14,17H,3,10-11H2,1-2H3/t14-,16-/m1/s1. The summed E-state index contributed by atoms with van der Waals surface area (Å²) < 4.78 is 50.1. The van der Waals surface area contributed by atoms with Gasteiger partial charge in [-0.2, -0.15) is 0 Å². The van der Waals surface area contributed by atoms with E-state index in [9.17, 15) is 21.6 Å². The van der Waals surface area contributed by atoms with Gasteiger partial charge in [0.1, 0.15) is 0 Å². The molecule has 0 saturated carbocycles. The highest BCUT2D eigenvalue weighted by atomic mass is 32.2. The average Bonchev–Trinajstić information content (AvgIpc) is 3.09. The summed E-state index contributed by atoms with van der Waals surface area (Å²) in [6.45, 7) is 2.09. The molecule has 2 heterocycles. The lowest BCUT2D eigenvalue weighted by Crippen LogP contribution is -2.56. The first-order chi connectivity index (χ1) is 11.7. The van der Waals surface area contributed by atoms with E-state index in [0.29, 0.717) is 17.3 Å². The van der Waals surface area contributed by atoms with Gasteiger partial charge in [0, 0.05) is 6.54 Å². The lowest BCUT2D eigenvalue weighted by Gasteiger charge is -2.31. The van der Waals surface area contributed by atoms with Gasteiger partial charge in [0.05, 0.1) is 22.9 Å². The van der Waals surface area contributed by atoms with E-state index < -0.39 is 36.6 Å². The zero-order valence-electron chi connectivity index (χ0n) is 14.0. The van der Waals surface area contributed by atoms with Crippen molar-refractivity contribution in [3.63, 3.8) is 0 Å². The molecular weight excluding hydrogens is 364 g/mol. The molecular formula is C16H20N2O5S2. The van der Waals surface area contributed by atoms with Crippen LogP contribution in [0.25, 0.3) is 0 Å². The molecule has 1 saturated heterocycles. The molecule has 1 amide bonds. The molecule has 0 aromatic heterocycles. The molecule has 2 aliphatic heterocycles. The SMILES string of the molecule is CCC[C@]1(S(=O)(=O)c2ccccc2)C(=O)N(S(C)(=O)=O)C2=CCN[C@H]21. The van der Waals surface area contributed by atoms with Crippen LogP contribution in [0.15, 0.2) is 47.0 Å². The number of rotatable bonds is 5. The minimum atomic E-state index is -4.12. The van der Waals surface area contributed by atoms with Crippen LogP contribution in [-0.4, -0.2) is 50.6 Å². The number of hydrogen-bond acceptors (Lipinski definition) is 6. The Kier molecular flexibility index (Phi) is 4.29. The van der Waals surface area contributed by atoms with Crippen molar-refractivity contribution in [1.29, 1.82) is 0 Å². The van der Waals surface area contributed by atoms with E-state index in [0.717, 1.165) is 6.26 Å². The van der Waals surface area contributed by atoms with Crippen molar-refractivity contribution in [3.05, 3.63) is 42.1 Å². The van der Waals surface area contributed by atoms with Crippen molar-refractivity contribution >= 4 is 25.8 Å². The molecule has 136 valence electrons. The highest BCUT2D eigenvalue weighted by Crippen LogP contribution is 2.46. The van der Waals surface area contributed by atoms with Gasteiger partial charge in [0.25, 0.3) is 5.91 Å². The Morgan fingerprint density at radius 2 is 1.84 bits per heavy atom. The Morgan fingerprint density at radius 3 is 2.40 bits per heavy atom. The Hall–Kier alpha value is -1.71. The molecule has 0 aliphatic carbocycles. The number of benzene rings is 1. The van der Waals surface area contributed by atoms with Gasteiger partial charge in [-0.3, -0.25) is 4.79 Å². The predicted molar refractivity (Wildman–Crippen MR) is 92.8 cm³/mol. The van der Waals surface area contributed by atoms with Crippen LogP contribution in [0.5, 0.6) is 0 Å². The summed E-state index contributed by atoms with van der Waals surface area (Å²) in [5.41, 5.74) is 0.209. The maximum atomic E-state index is 13.5. The Morgan fingerprint density at radius 1 is 1.20 bits per heavy atom. The molecule has 2 atom stereocenters. The highest BCUT2D eigenvalue weighted by molar-refractivity contribution is 7.94. The van der Waals surface area contributed by atoms with Gasteiger partial charge in [-0.25, -0.2) is 21.1 Å². The summed E-state index contributed by atoms with van der Waals surface area (Å²) in [4.78, 5) is 13.2. The number of hydrogen-bond donors (Lipinski definition) is 1. The summed E-state index contributed by atoms with van der Waals surface area (Å²) >= 11 is 0. The summed E-state index contributed by atoms with van der Waals surface area (Å²) in [6.07, 6.45) is 2.94. The van der Waals surface area contributed by atoms with Crippen LogP contribution in [0, 0.1) is 0 Å². The highest BCUT2D eigenvalue weighted by Gasteiger charge is 2.67. The van der Waals surface area contributed by atoms with Crippen molar-refractivity contribution in [1.82, 2.24) is 9.62 Å². The zero-order valence-corrected chi connectivity index (χ0v) is 15.6.